The van der Waals surface area contributed by atoms with Crippen LogP contribution in [0.3, 0.4) is 0 Å². The van der Waals surface area contributed by atoms with E-state index in [1.807, 2.05) is 19.1 Å². The van der Waals surface area contributed by atoms with Crippen LogP contribution in [0.15, 0.2) is 18.3 Å². The lowest BCUT2D eigenvalue weighted by molar-refractivity contribution is -0.121. The van der Waals surface area contributed by atoms with Gasteiger partial charge in [-0.25, -0.2) is 4.98 Å². The SMILES string of the molecule is Cc1ccc(NC(=O)[C@H]2C[C@H]3CC[C@H]2C3)nc1. The molecule has 1 aromatic heterocycles. The molecule has 90 valence electrons. The van der Waals surface area contributed by atoms with Gasteiger partial charge in [0.2, 0.25) is 5.91 Å². The summed E-state index contributed by atoms with van der Waals surface area (Å²) < 4.78 is 0. The Labute approximate surface area is 102 Å². The third-order valence-corrected chi connectivity index (χ3v) is 4.24. The molecule has 3 nitrogen and oxygen atoms in total. The van der Waals surface area contributed by atoms with Crippen molar-refractivity contribution in [2.45, 2.75) is 32.6 Å². The van der Waals surface area contributed by atoms with Gasteiger partial charge in [-0.1, -0.05) is 12.5 Å². The Bertz CT molecular complexity index is 426. The van der Waals surface area contributed by atoms with Gasteiger partial charge in [0.1, 0.15) is 5.82 Å². The third-order valence-electron chi connectivity index (χ3n) is 4.24. The second-order valence-corrected chi connectivity index (χ2v) is 5.49. The smallest absolute Gasteiger partial charge is 0.228 e. The summed E-state index contributed by atoms with van der Waals surface area (Å²) in [4.78, 5) is 16.4. The molecule has 1 heterocycles. The number of rotatable bonds is 2. The summed E-state index contributed by atoms with van der Waals surface area (Å²) in [5, 5.41) is 2.95. The number of aryl methyl sites for hydroxylation is 1. The Hall–Kier alpha value is -1.38. The van der Waals surface area contributed by atoms with Crippen molar-refractivity contribution in [1.82, 2.24) is 4.98 Å². The number of anilines is 1. The monoisotopic (exact) mass is 230 g/mol. The quantitative estimate of drug-likeness (QED) is 0.848. The normalized spacial score (nSPS) is 30.5. The molecular weight excluding hydrogens is 212 g/mol. The molecule has 3 atom stereocenters. The van der Waals surface area contributed by atoms with E-state index >= 15 is 0 Å². The Kier molecular flexibility index (Phi) is 2.61. The first-order chi connectivity index (χ1) is 8.22. The molecule has 3 heteroatoms. The van der Waals surface area contributed by atoms with E-state index < -0.39 is 0 Å². The van der Waals surface area contributed by atoms with Gasteiger partial charge in [0.25, 0.3) is 0 Å². The van der Waals surface area contributed by atoms with E-state index in [0.717, 1.165) is 17.9 Å². The highest BCUT2D eigenvalue weighted by Crippen LogP contribution is 2.48. The van der Waals surface area contributed by atoms with E-state index in [2.05, 4.69) is 10.3 Å². The van der Waals surface area contributed by atoms with Crippen molar-refractivity contribution in [1.29, 1.82) is 0 Å². The van der Waals surface area contributed by atoms with Gasteiger partial charge >= 0.3 is 0 Å². The Morgan fingerprint density at radius 2 is 2.24 bits per heavy atom. The number of hydrogen-bond donors (Lipinski definition) is 1. The number of amides is 1. The molecule has 0 unspecified atom stereocenters. The van der Waals surface area contributed by atoms with Crippen molar-refractivity contribution in [2.24, 2.45) is 17.8 Å². The first kappa shape index (κ1) is 10.8. The van der Waals surface area contributed by atoms with Gasteiger partial charge in [-0.2, -0.15) is 0 Å². The number of carbonyl (C=O) groups is 1. The fraction of sp³-hybridized carbons (Fsp3) is 0.571. The summed E-state index contributed by atoms with van der Waals surface area (Å²) in [7, 11) is 0. The van der Waals surface area contributed by atoms with Crippen molar-refractivity contribution in [3.05, 3.63) is 23.9 Å². The first-order valence-corrected chi connectivity index (χ1v) is 6.46. The maximum Gasteiger partial charge on any atom is 0.228 e. The molecule has 1 amide bonds. The lowest BCUT2D eigenvalue weighted by Gasteiger charge is -2.20. The van der Waals surface area contributed by atoms with Crippen molar-refractivity contribution >= 4 is 11.7 Å². The van der Waals surface area contributed by atoms with Gasteiger partial charge in [-0.15, -0.1) is 0 Å². The summed E-state index contributed by atoms with van der Waals surface area (Å²) in [6.45, 7) is 1.99. The Morgan fingerprint density at radius 3 is 2.82 bits per heavy atom. The molecule has 2 saturated carbocycles. The second kappa shape index (κ2) is 4.13. The van der Waals surface area contributed by atoms with Gasteiger partial charge in [-0.3, -0.25) is 4.79 Å². The van der Waals surface area contributed by atoms with Gasteiger partial charge < -0.3 is 5.32 Å². The zero-order valence-corrected chi connectivity index (χ0v) is 10.1. The number of nitrogens with one attached hydrogen (secondary N) is 1. The highest BCUT2D eigenvalue weighted by atomic mass is 16.2. The van der Waals surface area contributed by atoms with Crippen molar-refractivity contribution in [2.75, 3.05) is 5.32 Å². The van der Waals surface area contributed by atoms with Crippen LogP contribution in [0.4, 0.5) is 5.82 Å². The van der Waals surface area contributed by atoms with Crippen LogP contribution in [0.1, 0.15) is 31.2 Å². The minimum atomic E-state index is 0.175. The van der Waals surface area contributed by atoms with Gasteiger partial charge in [0.05, 0.1) is 0 Å². The highest BCUT2D eigenvalue weighted by molar-refractivity contribution is 5.92. The molecule has 0 aliphatic heterocycles. The minimum Gasteiger partial charge on any atom is -0.310 e. The van der Waals surface area contributed by atoms with Crippen LogP contribution in [-0.2, 0) is 4.79 Å². The summed E-state index contributed by atoms with van der Waals surface area (Å²) >= 11 is 0. The molecule has 3 rings (SSSR count). The molecule has 1 N–H and O–H groups in total. The number of hydrogen-bond acceptors (Lipinski definition) is 2. The van der Waals surface area contributed by atoms with Crippen LogP contribution >= 0.6 is 0 Å². The van der Waals surface area contributed by atoms with Crippen LogP contribution < -0.4 is 5.32 Å². The lowest BCUT2D eigenvalue weighted by Crippen LogP contribution is -2.27. The topological polar surface area (TPSA) is 42.0 Å². The Balaban J connectivity index is 1.65. The van der Waals surface area contributed by atoms with E-state index in [1.165, 1.54) is 19.3 Å². The van der Waals surface area contributed by atoms with Gasteiger partial charge in [-0.05, 0) is 49.7 Å². The first-order valence-electron chi connectivity index (χ1n) is 6.46. The number of nitrogens with zero attached hydrogens (tertiary/aromatic N) is 1. The molecule has 0 saturated heterocycles. The molecular formula is C14H18N2O. The molecule has 2 bridgehead atoms. The maximum atomic E-state index is 12.1. The van der Waals surface area contributed by atoms with Crippen molar-refractivity contribution in [3.8, 4) is 0 Å². The standard InChI is InChI=1S/C14H18N2O/c1-9-2-5-13(15-8-9)16-14(17)12-7-10-3-4-11(12)6-10/h2,5,8,10-12H,3-4,6-7H2,1H3,(H,15,16,17)/t10-,11-,12-/m0/s1. The van der Waals surface area contributed by atoms with Crippen molar-refractivity contribution < 1.29 is 4.79 Å². The van der Waals surface area contributed by atoms with Crippen LogP contribution in [0.5, 0.6) is 0 Å². The molecule has 2 aliphatic carbocycles. The summed E-state index contributed by atoms with van der Waals surface area (Å²) in [6.07, 6.45) is 6.71. The number of pyridine rings is 1. The summed E-state index contributed by atoms with van der Waals surface area (Å²) in [6, 6.07) is 3.85. The predicted octanol–water partition coefficient (Wildman–Crippen LogP) is 2.76. The minimum absolute atomic E-state index is 0.175. The highest BCUT2D eigenvalue weighted by Gasteiger charge is 2.43. The predicted molar refractivity (Wildman–Crippen MR) is 66.5 cm³/mol. The molecule has 0 spiro atoms. The van der Waals surface area contributed by atoms with Crippen LogP contribution in [0.25, 0.3) is 0 Å². The number of fused-ring (bicyclic) bond motifs is 2. The van der Waals surface area contributed by atoms with Crippen molar-refractivity contribution in [3.63, 3.8) is 0 Å². The maximum absolute atomic E-state index is 12.1. The Morgan fingerprint density at radius 1 is 1.35 bits per heavy atom. The van der Waals surface area contributed by atoms with E-state index in [-0.39, 0.29) is 11.8 Å². The fourth-order valence-corrected chi connectivity index (χ4v) is 3.33. The molecule has 17 heavy (non-hydrogen) atoms. The van der Waals surface area contributed by atoms with Crippen LogP contribution in [0, 0.1) is 24.7 Å². The van der Waals surface area contributed by atoms with Crippen LogP contribution in [-0.4, -0.2) is 10.9 Å². The van der Waals surface area contributed by atoms with Crippen LogP contribution in [0.2, 0.25) is 0 Å². The van der Waals surface area contributed by atoms with E-state index in [4.69, 9.17) is 0 Å². The van der Waals surface area contributed by atoms with Gasteiger partial charge in [0.15, 0.2) is 0 Å². The second-order valence-electron chi connectivity index (χ2n) is 5.49. The largest absolute Gasteiger partial charge is 0.310 e. The number of aromatic nitrogens is 1. The van der Waals surface area contributed by atoms with E-state index in [1.54, 1.807) is 6.20 Å². The summed E-state index contributed by atoms with van der Waals surface area (Å²) in [5.41, 5.74) is 1.11. The molecule has 0 radical (unpaired) electrons. The molecule has 2 aliphatic rings. The zero-order valence-electron chi connectivity index (χ0n) is 10.1. The zero-order chi connectivity index (χ0) is 11.8. The van der Waals surface area contributed by atoms with E-state index in [9.17, 15) is 4.79 Å². The van der Waals surface area contributed by atoms with E-state index in [0.29, 0.717) is 11.7 Å². The summed E-state index contributed by atoms with van der Waals surface area (Å²) in [5.74, 6) is 2.53. The average Bonchev–Trinajstić information content (AvgIpc) is 2.94. The lowest BCUT2D eigenvalue weighted by atomic mass is 9.88. The molecule has 2 fully saturated rings. The van der Waals surface area contributed by atoms with Gasteiger partial charge in [0, 0.05) is 12.1 Å². The third kappa shape index (κ3) is 2.06. The molecule has 1 aromatic rings. The average molecular weight is 230 g/mol. The molecule has 0 aromatic carbocycles. The number of carbonyl (C=O) groups excluding carboxylic acids is 1. The fourth-order valence-electron chi connectivity index (χ4n) is 3.33.